The first-order valence-corrected chi connectivity index (χ1v) is 5.47. The lowest BCUT2D eigenvalue weighted by Gasteiger charge is -2.26. The average molecular weight is 232 g/mol. The summed E-state index contributed by atoms with van der Waals surface area (Å²) in [6.45, 7) is 1.87. The van der Waals surface area contributed by atoms with E-state index >= 15 is 0 Å². The van der Waals surface area contributed by atoms with Crippen LogP contribution >= 0.6 is 0 Å². The van der Waals surface area contributed by atoms with Crippen LogP contribution in [0.2, 0.25) is 0 Å². The van der Waals surface area contributed by atoms with E-state index in [0.29, 0.717) is 0 Å². The summed E-state index contributed by atoms with van der Waals surface area (Å²) >= 11 is 0. The molecule has 2 aromatic rings. The van der Waals surface area contributed by atoms with Gasteiger partial charge < -0.3 is 15.5 Å². The Labute approximate surface area is 99.8 Å². The molecule has 0 saturated carbocycles. The van der Waals surface area contributed by atoms with Crippen LogP contribution in [0.15, 0.2) is 30.5 Å². The Morgan fingerprint density at radius 3 is 2.82 bits per heavy atom. The van der Waals surface area contributed by atoms with Gasteiger partial charge in [0.15, 0.2) is 0 Å². The fourth-order valence-corrected chi connectivity index (χ4v) is 2.12. The fraction of sp³-hybridized carbons (Fsp3) is 0.308. The third-order valence-corrected chi connectivity index (χ3v) is 3.12. The Kier molecular flexibility index (Phi) is 2.90. The first-order chi connectivity index (χ1) is 8.07. The number of aromatic amines is 1. The van der Waals surface area contributed by atoms with Gasteiger partial charge in [0.1, 0.15) is 5.60 Å². The second-order valence-corrected chi connectivity index (χ2v) is 4.33. The van der Waals surface area contributed by atoms with Crippen LogP contribution < -0.4 is 5.73 Å². The molecule has 0 spiro atoms. The number of nitrogens with one attached hydrogen (secondary N) is 1. The molecule has 1 atom stereocenters. The lowest BCUT2D eigenvalue weighted by Crippen LogP contribution is -2.30. The molecule has 0 aliphatic heterocycles. The number of aromatic nitrogens is 1. The van der Waals surface area contributed by atoms with Crippen LogP contribution in [0.4, 0.5) is 0 Å². The van der Waals surface area contributed by atoms with Gasteiger partial charge in [-0.25, -0.2) is 0 Å². The molecule has 0 aliphatic rings. The van der Waals surface area contributed by atoms with Gasteiger partial charge in [-0.2, -0.15) is 0 Å². The molecule has 90 valence electrons. The first-order valence-electron chi connectivity index (χ1n) is 5.47. The molecule has 0 saturated heterocycles. The highest BCUT2D eigenvalue weighted by molar-refractivity contribution is 5.85. The standard InChI is InChI=1S/C13H16N2O2/c1-13(17-2,7-12(14)16)10-8-15-11-6-4-3-5-9(10)11/h3-6,8,15H,7H2,1-2H3,(H2,14,16). The maximum atomic E-state index is 11.1. The molecule has 0 fully saturated rings. The minimum atomic E-state index is -0.689. The van der Waals surface area contributed by atoms with E-state index in [1.165, 1.54) is 0 Å². The Morgan fingerprint density at radius 2 is 2.18 bits per heavy atom. The second-order valence-electron chi connectivity index (χ2n) is 4.33. The van der Waals surface area contributed by atoms with Crippen LogP contribution in [-0.2, 0) is 15.1 Å². The van der Waals surface area contributed by atoms with Crippen molar-refractivity contribution in [3.05, 3.63) is 36.0 Å². The third kappa shape index (κ3) is 2.03. The van der Waals surface area contributed by atoms with Crippen LogP contribution in [0.3, 0.4) is 0 Å². The third-order valence-electron chi connectivity index (χ3n) is 3.12. The van der Waals surface area contributed by atoms with Gasteiger partial charge in [-0.1, -0.05) is 18.2 Å². The smallest absolute Gasteiger partial charge is 0.220 e. The number of benzene rings is 1. The van der Waals surface area contributed by atoms with Crippen LogP contribution in [0.5, 0.6) is 0 Å². The van der Waals surface area contributed by atoms with Crippen molar-refractivity contribution in [2.75, 3.05) is 7.11 Å². The summed E-state index contributed by atoms with van der Waals surface area (Å²) in [6, 6.07) is 7.90. The summed E-state index contributed by atoms with van der Waals surface area (Å²) in [5, 5.41) is 1.05. The molecule has 0 radical (unpaired) electrons. The molecule has 3 N–H and O–H groups in total. The number of nitrogens with two attached hydrogens (primary N) is 1. The van der Waals surface area contributed by atoms with Crippen molar-refractivity contribution in [1.29, 1.82) is 0 Å². The number of hydrogen-bond acceptors (Lipinski definition) is 2. The molecule has 0 bridgehead atoms. The molecule has 1 heterocycles. The number of primary amides is 1. The van der Waals surface area contributed by atoms with Crippen molar-refractivity contribution >= 4 is 16.8 Å². The zero-order chi connectivity index (χ0) is 12.5. The first kappa shape index (κ1) is 11.7. The molecular formula is C13H16N2O2. The predicted molar refractivity (Wildman–Crippen MR) is 66.5 cm³/mol. The second kappa shape index (κ2) is 4.22. The van der Waals surface area contributed by atoms with Crippen molar-refractivity contribution in [2.45, 2.75) is 18.9 Å². The van der Waals surface area contributed by atoms with Gasteiger partial charge >= 0.3 is 0 Å². The van der Waals surface area contributed by atoms with E-state index in [1.807, 2.05) is 37.4 Å². The molecule has 1 unspecified atom stereocenters. The Hall–Kier alpha value is -1.81. The van der Waals surface area contributed by atoms with E-state index in [0.717, 1.165) is 16.5 Å². The number of carbonyl (C=O) groups excluding carboxylic acids is 1. The Morgan fingerprint density at radius 1 is 1.47 bits per heavy atom. The van der Waals surface area contributed by atoms with E-state index in [9.17, 15) is 4.79 Å². The van der Waals surface area contributed by atoms with E-state index in [4.69, 9.17) is 10.5 Å². The van der Waals surface area contributed by atoms with E-state index in [-0.39, 0.29) is 12.3 Å². The number of carbonyl (C=O) groups is 1. The summed E-state index contributed by atoms with van der Waals surface area (Å²) in [5.41, 5.74) is 6.56. The topological polar surface area (TPSA) is 68.1 Å². The lowest BCUT2D eigenvalue weighted by molar-refractivity contribution is -0.124. The predicted octanol–water partition coefficient (Wildman–Crippen LogP) is 1.90. The summed E-state index contributed by atoms with van der Waals surface area (Å²) in [5.74, 6) is -0.375. The summed E-state index contributed by atoms with van der Waals surface area (Å²) in [6.07, 6.45) is 2.03. The maximum Gasteiger partial charge on any atom is 0.220 e. The van der Waals surface area contributed by atoms with Crippen molar-refractivity contribution < 1.29 is 9.53 Å². The van der Waals surface area contributed by atoms with Gasteiger partial charge in [0.05, 0.1) is 6.42 Å². The van der Waals surface area contributed by atoms with Gasteiger partial charge in [-0.3, -0.25) is 4.79 Å². The van der Waals surface area contributed by atoms with Crippen molar-refractivity contribution in [3.8, 4) is 0 Å². The molecule has 1 amide bonds. The molecule has 2 rings (SSSR count). The van der Waals surface area contributed by atoms with Crippen LogP contribution in [-0.4, -0.2) is 18.0 Å². The maximum absolute atomic E-state index is 11.1. The van der Waals surface area contributed by atoms with E-state index in [1.54, 1.807) is 7.11 Å². The number of para-hydroxylation sites is 1. The van der Waals surface area contributed by atoms with Crippen LogP contribution in [0.25, 0.3) is 10.9 Å². The summed E-state index contributed by atoms with van der Waals surface area (Å²) in [4.78, 5) is 14.3. The van der Waals surface area contributed by atoms with Crippen LogP contribution in [0.1, 0.15) is 18.9 Å². The Bertz CT molecular complexity index is 547. The fourth-order valence-electron chi connectivity index (χ4n) is 2.12. The molecule has 4 nitrogen and oxygen atoms in total. The molecule has 1 aromatic carbocycles. The molecular weight excluding hydrogens is 216 g/mol. The normalized spacial score (nSPS) is 14.7. The van der Waals surface area contributed by atoms with Gasteiger partial charge in [-0.05, 0) is 13.0 Å². The van der Waals surface area contributed by atoms with Gasteiger partial charge in [-0.15, -0.1) is 0 Å². The monoisotopic (exact) mass is 232 g/mol. The number of ether oxygens (including phenoxy) is 1. The molecule has 1 aromatic heterocycles. The molecule has 0 aliphatic carbocycles. The average Bonchev–Trinajstić information content (AvgIpc) is 2.72. The number of hydrogen-bond donors (Lipinski definition) is 2. The highest BCUT2D eigenvalue weighted by atomic mass is 16.5. The molecule has 17 heavy (non-hydrogen) atoms. The van der Waals surface area contributed by atoms with E-state index < -0.39 is 5.60 Å². The van der Waals surface area contributed by atoms with Crippen molar-refractivity contribution in [2.24, 2.45) is 5.73 Å². The quantitative estimate of drug-likeness (QED) is 0.845. The number of amides is 1. The Balaban J connectivity index is 2.53. The SMILES string of the molecule is COC(C)(CC(N)=O)c1c[nH]c2ccccc12. The van der Waals surface area contributed by atoms with Crippen LogP contribution in [0, 0.1) is 0 Å². The number of methoxy groups -OCH3 is 1. The summed E-state index contributed by atoms with van der Waals surface area (Å²) < 4.78 is 5.48. The number of rotatable bonds is 4. The van der Waals surface area contributed by atoms with Gasteiger partial charge in [0, 0.05) is 29.8 Å². The highest BCUT2D eigenvalue weighted by Gasteiger charge is 2.30. The van der Waals surface area contributed by atoms with Gasteiger partial charge in [0.2, 0.25) is 5.91 Å². The lowest BCUT2D eigenvalue weighted by atomic mass is 9.91. The minimum absolute atomic E-state index is 0.158. The number of fused-ring (bicyclic) bond motifs is 1. The van der Waals surface area contributed by atoms with Crippen molar-refractivity contribution in [3.63, 3.8) is 0 Å². The minimum Gasteiger partial charge on any atom is -0.373 e. The zero-order valence-electron chi connectivity index (χ0n) is 9.99. The van der Waals surface area contributed by atoms with Crippen molar-refractivity contribution in [1.82, 2.24) is 4.98 Å². The zero-order valence-corrected chi connectivity index (χ0v) is 9.99. The van der Waals surface area contributed by atoms with E-state index in [2.05, 4.69) is 4.98 Å². The summed E-state index contributed by atoms with van der Waals surface area (Å²) in [7, 11) is 1.59. The molecule has 4 heteroatoms. The van der Waals surface area contributed by atoms with Gasteiger partial charge in [0.25, 0.3) is 0 Å². The highest BCUT2D eigenvalue weighted by Crippen LogP contribution is 2.33. The largest absolute Gasteiger partial charge is 0.373 e. The number of H-pyrrole nitrogens is 1.